The highest BCUT2D eigenvalue weighted by Gasteiger charge is 2.32. The smallest absolute Gasteiger partial charge is 0.380 e. The zero-order chi connectivity index (χ0) is 14.8. The summed E-state index contributed by atoms with van der Waals surface area (Å²) in [5.41, 5.74) is 1.45. The Balaban J connectivity index is 2.17. The molecule has 1 nitrogen and oxygen atoms in total. The minimum atomic E-state index is -4.35. The number of halogens is 4. The molecule has 0 fully saturated rings. The molecule has 0 aliphatic heterocycles. The molecule has 2 rings (SSSR count). The molecular formula is C15H13BrF3N. The topological polar surface area (TPSA) is 12.0 Å². The van der Waals surface area contributed by atoms with E-state index >= 15 is 0 Å². The summed E-state index contributed by atoms with van der Waals surface area (Å²) in [4.78, 5) is 0. The highest BCUT2D eigenvalue weighted by atomic mass is 79.9. The van der Waals surface area contributed by atoms with Crippen LogP contribution in [-0.2, 0) is 12.7 Å². The van der Waals surface area contributed by atoms with Crippen molar-refractivity contribution in [2.24, 2.45) is 0 Å². The van der Waals surface area contributed by atoms with E-state index in [4.69, 9.17) is 0 Å². The molecule has 0 aromatic heterocycles. The van der Waals surface area contributed by atoms with Crippen LogP contribution in [0.25, 0.3) is 0 Å². The number of anilines is 1. The van der Waals surface area contributed by atoms with Gasteiger partial charge in [0.1, 0.15) is 0 Å². The van der Waals surface area contributed by atoms with Gasteiger partial charge in [-0.3, -0.25) is 0 Å². The van der Waals surface area contributed by atoms with E-state index in [-0.39, 0.29) is 5.69 Å². The summed E-state index contributed by atoms with van der Waals surface area (Å²) in [5, 5.41) is 2.84. The summed E-state index contributed by atoms with van der Waals surface area (Å²) in [6.45, 7) is 2.30. The van der Waals surface area contributed by atoms with Gasteiger partial charge < -0.3 is 5.32 Å². The van der Waals surface area contributed by atoms with Crippen molar-refractivity contribution in [2.45, 2.75) is 19.6 Å². The molecule has 0 aliphatic carbocycles. The summed E-state index contributed by atoms with van der Waals surface area (Å²) < 4.78 is 39.5. The summed E-state index contributed by atoms with van der Waals surface area (Å²) >= 11 is 3.41. The molecule has 0 saturated carbocycles. The highest BCUT2D eigenvalue weighted by Crippen LogP contribution is 2.34. The van der Waals surface area contributed by atoms with E-state index < -0.39 is 11.7 Å². The number of para-hydroxylation sites is 1. The van der Waals surface area contributed by atoms with Crippen molar-refractivity contribution in [2.75, 3.05) is 5.32 Å². The fraction of sp³-hybridized carbons (Fsp3) is 0.200. The normalized spacial score (nSPS) is 11.4. The summed E-state index contributed by atoms with van der Waals surface area (Å²) in [5.74, 6) is 0. The van der Waals surface area contributed by atoms with Crippen LogP contribution in [0.1, 0.15) is 16.7 Å². The van der Waals surface area contributed by atoms with E-state index in [9.17, 15) is 13.2 Å². The van der Waals surface area contributed by atoms with Gasteiger partial charge in [-0.25, -0.2) is 0 Å². The third-order valence-corrected chi connectivity index (χ3v) is 3.81. The molecule has 2 aromatic rings. The first-order chi connectivity index (χ1) is 9.38. The van der Waals surface area contributed by atoms with Crippen molar-refractivity contribution in [1.29, 1.82) is 0 Å². The molecule has 106 valence electrons. The second-order valence-corrected chi connectivity index (χ2v) is 5.33. The van der Waals surface area contributed by atoms with Crippen molar-refractivity contribution in [3.8, 4) is 0 Å². The molecule has 0 aliphatic rings. The van der Waals surface area contributed by atoms with Crippen LogP contribution >= 0.6 is 15.9 Å². The average Bonchev–Trinajstić information content (AvgIpc) is 2.39. The molecule has 0 bridgehead atoms. The molecule has 0 saturated heterocycles. The molecule has 0 atom stereocenters. The molecule has 20 heavy (non-hydrogen) atoms. The maximum Gasteiger partial charge on any atom is 0.418 e. The number of alkyl halides is 3. The molecule has 0 heterocycles. The van der Waals surface area contributed by atoms with Gasteiger partial charge in [-0.1, -0.05) is 40.2 Å². The standard InChI is InChI=1S/C15H13BrF3N/c1-10-6-7-11(8-13(10)16)9-20-14-5-3-2-4-12(14)15(17,18)19/h2-8,20H,9H2,1H3. The zero-order valence-electron chi connectivity index (χ0n) is 10.8. The van der Waals surface area contributed by atoms with Gasteiger partial charge in [0.2, 0.25) is 0 Å². The van der Waals surface area contributed by atoms with E-state index in [1.807, 2.05) is 25.1 Å². The quantitative estimate of drug-likeness (QED) is 0.787. The fourth-order valence-electron chi connectivity index (χ4n) is 1.83. The van der Waals surface area contributed by atoms with E-state index in [0.29, 0.717) is 6.54 Å². The van der Waals surface area contributed by atoms with Crippen LogP contribution in [0.2, 0.25) is 0 Å². The summed E-state index contributed by atoms with van der Waals surface area (Å²) in [6, 6.07) is 11.2. The Morgan fingerprint density at radius 2 is 1.80 bits per heavy atom. The summed E-state index contributed by atoms with van der Waals surface area (Å²) in [7, 11) is 0. The van der Waals surface area contributed by atoms with Crippen molar-refractivity contribution >= 4 is 21.6 Å². The lowest BCUT2D eigenvalue weighted by Gasteiger charge is -2.14. The van der Waals surface area contributed by atoms with Gasteiger partial charge in [-0.15, -0.1) is 0 Å². The first-order valence-corrected chi connectivity index (χ1v) is 6.82. The van der Waals surface area contributed by atoms with E-state index in [2.05, 4.69) is 21.2 Å². The number of nitrogens with one attached hydrogen (secondary N) is 1. The van der Waals surface area contributed by atoms with Crippen LogP contribution in [0.15, 0.2) is 46.9 Å². The molecule has 0 unspecified atom stereocenters. The largest absolute Gasteiger partial charge is 0.418 e. The third kappa shape index (κ3) is 3.54. The first kappa shape index (κ1) is 14.9. The number of hydrogen-bond donors (Lipinski definition) is 1. The van der Waals surface area contributed by atoms with Crippen molar-refractivity contribution in [3.05, 3.63) is 63.6 Å². The van der Waals surface area contributed by atoms with Crippen LogP contribution in [0, 0.1) is 6.92 Å². The Kier molecular flexibility index (Phi) is 4.38. The lowest BCUT2D eigenvalue weighted by molar-refractivity contribution is -0.136. The molecule has 5 heteroatoms. The minimum absolute atomic E-state index is 0.0942. The number of rotatable bonds is 3. The van der Waals surface area contributed by atoms with Crippen LogP contribution in [0.4, 0.5) is 18.9 Å². The molecule has 2 aromatic carbocycles. The van der Waals surface area contributed by atoms with E-state index in [0.717, 1.165) is 21.7 Å². The third-order valence-electron chi connectivity index (χ3n) is 2.95. The van der Waals surface area contributed by atoms with Crippen LogP contribution < -0.4 is 5.32 Å². The van der Waals surface area contributed by atoms with Crippen molar-refractivity contribution < 1.29 is 13.2 Å². The maximum atomic E-state index is 12.8. The van der Waals surface area contributed by atoms with Gasteiger partial charge in [0.15, 0.2) is 0 Å². The lowest BCUT2D eigenvalue weighted by atomic mass is 10.1. The predicted octanol–water partition coefficient (Wildman–Crippen LogP) is 5.39. The molecule has 0 radical (unpaired) electrons. The van der Waals surface area contributed by atoms with Crippen molar-refractivity contribution in [3.63, 3.8) is 0 Å². The first-order valence-electron chi connectivity index (χ1n) is 6.03. The van der Waals surface area contributed by atoms with Crippen LogP contribution in [0.5, 0.6) is 0 Å². The molecule has 0 spiro atoms. The second-order valence-electron chi connectivity index (χ2n) is 4.48. The Morgan fingerprint density at radius 1 is 1.10 bits per heavy atom. The van der Waals surface area contributed by atoms with Gasteiger partial charge >= 0.3 is 6.18 Å². The highest BCUT2D eigenvalue weighted by molar-refractivity contribution is 9.10. The maximum absolute atomic E-state index is 12.8. The summed E-state index contributed by atoms with van der Waals surface area (Å²) in [6.07, 6.45) is -4.35. The molecular weight excluding hydrogens is 331 g/mol. The Labute approximate surface area is 123 Å². The Bertz CT molecular complexity index is 608. The molecule has 0 amide bonds. The predicted molar refractivity (Wildman–Crippen MR) is 77.6 cm³/mol. The van der Waals surface area contributed by atoms with Gasteiger partial charge in [0.05, 0.1) is 5.56 Å². The van der Waals surface area contributed by atoms with E-state index in [1.54, 1.807) is 6.07 Å². The number of benzene rings is 2. The lowest BCUT2D eigenvalue weighted by Crippen LogP contribution is -2.10. The zero-order valence-corrected chi connectivity index (χ0v) is 12.3. The van der Waals surface area contributed by atoms with Gasteiger partial charge in [-0.2, -0.15) is 13.2 Å². The van der Waals surface area contributed by atoms with E-state index in [1.165, 1.54) is 12.1 Å². The monoisotopic (exact) mass is 343 g/mol. The number of hydrogen-bond acceptors (Lipinski definition) is 1. The van der Waals surface area contributed by atoms with Gasteiger partial charge in [0, 0.05) is 16.7 Å². The van der Waals surface area contributed by atoms with Gasteiger partial charge in [0.25, 0.3) is 0 Å². The average molecular weight is 344 g/mol. The Morgan fingerprint density at radius 3 is 2.45 bits per heavy atom. The number of aryl methyl sites for hydroxylation is 1. The second kappa shape index (κ2) is 5.87. The Hall–Kier alpha value is -1.49. The molecule has 1 N–H and O–H groups in total. The van der Waals surface area contributed by atoms with Crippen molar-refractivity contribution in [1.82, 2.24) is 0 Å². The minimum Gasteiger partial charge on any atom is -0.380 e. The van der Waals surface area contributed by atoms with Crippen LogP contribution in [-0.4, -0.2) is 0 Å². The van der Waals surface area contributed by atoms with Gasteiger partial charge in [-0.05, 0) is 36.2 Å². The fourth-order valence-corrected chi connectivity index (χ4v) is 2.25. The van der Waals surface area contributed by atoms with Crippen LogP contribution in [0.3, 0.4) is 0 Å². The SMILES string of the molecule is Cc1ccc(CNc2ccccc2C(F)(F)F)cc1Br.